The molecule has 9 heteroatoms. The van der Waals surface area contributed by atoms with Crippen molar-refractivity contribution in [2.45, 2.75) is 76.3 Å². The van der Waals surface area contributed by atoms with Gasteiger partial charge in [0.1, 0.15) is 17.4 Å². The van der Waals surface area contributed by atoms with Crippen LogP contribution in [0.4, 0.5) is 5.69 Å². The number of amides is 3. The highest BCUT2D eigenvalue weighted by molar-refractivity contribution is 6.02. The average Bonchev–Trinajstić information content (AvgIpc) is 3.58. The second kappa shape index (κ2) is 11.2. The first kappa shape index (κ1) is 28.1. The third-order valence-electron chi connectivity index (χ3n) is 8.97. The Hall–Kier alpha value is -3.43. The predicted octanol–water partition coefficient (Wildman–Crippen LogP) is 3.27. The summed E-state index contributed by atoms with van der Waals surface area (Å²) in [4.78, 5) is 43.6. The highest BCUT2D eigenvalue weighted by atomic mass is 16.5. The van der Waals surface area contributed by atoms with E-state index in [2.05, 4.69) is 10.6 Å². The van der Waals surface area contributed by atoms with Crippen LogP contribution in [0.25, 0.3) is 0 Å². The number of anilines is 1. The van der Waals surface area contributed by atoms with Gasteiger partial charge in [0.15, 0.2) is 0 Å². The average molecular weight is 550 g/mol. The van der Waals surface area contributed by atoms with E-state index in [0.717, 1.165) is 5.56 Å². The van der Waals surface area contributed by atoms with Gasteiger partial charge in [0.25, 0.3) is 0 Å². The number of hydrogen-bond donors (Lipinski definition) is 3. The minimum absolute atomic E-state index is 0.282. The predicted molar refractivity (Wildman–Crippen MR) is 149 cm³/mol. The maximum atomic E-state index is 14.2. The third kappa shape index (κ3) is 4.55. The van der Waals surface area contributed by atoms with Crippen molar-refractivity contribution >= 4 is 23.4 Å². The molecule has 3 saturated heterocycles. The quantitative estimate of drug-likeness (QED) is 0.396. The molecule has 3 heterocycles. The number of fused-ring (bicyclic) bond motifs is 1. The molecular weight excluding hydrogens is 510 g/mol. The minimum Gasteiger partial charge on any atom is -0.494 e. The van der Waals surface area contributed by atoms with Crippen LogP contribution >= 0.6 is 0 Å². The van der Waals surface area contributed by atoms with Crippen LogP contribution in [0, 0.1) is 11.8 Å². The summed E-state index contributed by atoms with van der Waals surface area (Å²) in [6.07, 6.45) is 2.07. The van der Waals surface area contributed by atoms with E-state index in [1.807, 2.05) is 51.1 Å². The number of carbonyl (C=O) groups is 3. The first-order valence-electron chi connectivity index (χ1n) is 14.3. The van der Waals surface area contributed by atoms with Crippen LogP contribution in [0.5, 0.6) is 5.75 Å². The first-order chi connectivity index (χ1) is 19.3. The zero-order valence-electron chi connectivity index (χ0n) is 23.4. The molecule has 9 nitrogen and oxygen atoms in total. The molecule has 0 saturated carbocycles. The van der Waals surface area contributed by atoms with Gasteiger partial charge in [0.05, 0.1) is 36.7 Å². The topological polar surface area (TPSA) is 117 Å². The summed E-state index contributed by atoms with van der Waals surface area (Å²) < 4.78 is 12.3. The van der Waals surface area contributed by atoms with Crippen LogP contribution in [0.15, 0.2) is 54.6 Å². The Morgan fingerprint density at radius 2 is 1.80 bits per heavy atom. The second-order valence-electron chi connectivity index (χ2n) is 11.0. The van der Waals surface area contributed by atoms with Gasteiger partial charge in [-0.2, -0.15) is 0 Å². The normalized spacial score (nSPS) is 29.2. The number of nitrogens with zero attached hydrogens (tertiary/aromatic N) is 1. The molecule has 2 bridgehead atoms. The highest BCUT2D eigenvalue weighted by Crippen LogP contribution is 2.64. The number of hydrogen-bond acceptors (Lipinski definition) is 6. The Morgan fingerprint density at radius 3 is 2.42 bits per heavy atom. The molecule has 40 heavy (non-hydrogen) atoms. The zero-order chi connectivity index (χ0) is 28.5. The SMILES string of the molecule is CCOc1ccc(NC(=O)[C@@H]2[C@H]3C(=O)N([C@@H](CC)CO)C(C(=O)NCc4ccccc4)C34CC[C@@]2(CC)O4)cc1. The molecule has 2 unspecified atom stereocenters. The fraction of sp³-hybridized carbons (Fsp3) is 0.516. The van der Waals surface area contributed by atoms with E-state index in [9.17, 15) is 19.5 Å². The summed E-state index contributed by atoms with van der Waals surface area (Å²) >= 11 is 0. The number of rotatable bonds is 11. The van der Waals surface area contributed by atoms with E-state index in [4.69, 9.17) is 9.47 Å². The van der Waals surface area contributed by atoms with Gasteiger partial charge in [-0.05, 0) is 62.4 Å². The Kier molecular flexibility index (Phi) is 7.88. The Bertz CT molecular complexity index is 1230. The van der Waals surface area contributed by atoms with Crippen molar-refractivity contribution in [3.8, 4) is 5.75 Å². The van der Waals surface area contributed by atoms with Crippen LogP contribution in [-0.4, -0.2) is 64.2 Å². The molecule has 214 valence electrons. The van der Waals surface area contributed by atoms with Crippen molar-refractivity contribution in [2.75, 3.05) is 18.5 Å². The summed E-state index contributed by atoms with van der Waals surface area (Å²) in [6.45, 7) is 6.30. The number of aliphatic hydroxyl groups is 1. The van der Waals surface area contributed by atoms with E-state index in [-0.39, 0.29) is 24.3 Å². The second-order valence-corrected chi connectivity index (χ2v) is 11.0. The van der Waals surface area contributed by atoms with Gasteiger partial charge >= 0.3 is 0 Å². The maximum Gasteiger partial charge on any atom is 0.246 e. The van der Waals surface area contributed by atoms with Crippen LogP contribution in [0.1, 0.15) is 52.0 Å². The molecule has 0 radical (unpaired) electrons. The minimum atomic E-state index is -1.14. The maximum absolute atomic E-state index is 14.2. The van der Waals surface area contributed by atoms with Crippen molar-refractivity contribution in [2.24, 2.45) is 11.8 Å². The molecule has 3 aliphatic heterocycles. The zero-order valence-corrected chi connectivity index (χ0v) is 23.4. The fourth-order valence-electron chi connectivity index (χ4n) is 7.06. The van der Waals surface area contributed by atoms with E-state index in [1.165, 1.54) is 4.90 Å². The molecule has 0 aromatic heterocycles. The molecular formula is C31H39N3O6. The Morgan fingerprint density at radius 1 is 1.07 bits per heavy atom. The van der Waals surface area contributed by atoms with Gasteiger partial charge in [0.2, 0.25) is 17.7 Å². The molecule has 6 atom stereocenters. The number of benzene rings is 2. The van der Waals surface area contributed by atoms with Crippen LogP contribution in [-0.2, 0) is 25.7 Å². The monoisotopic (exact) mass is 549 g/mol. The van der Waals surface area contributed by atoms with E-state index >= 15 is 0 Å². The third-order valence-corrected chi connectivity index (χ3v) is 8.97. The Balaban J connectivity index is 1.47. The molecule has 2 aromatic rings. The molecule has 3 fully saturated rings. The highest BCUT2D eigenvalue weighted by Gasteiger charge is 2.79. The van der Waals surface area contributed by atoms with Gasteiger partial charge in [0, 0.05) is 12.2 Å². The van der Waals surface area contributed by atoms with Crippen LogP contribution in [0.2, 0.25) is 0 Å². The fourth-order valence-corrected chi connectivity index (χ4v) is 7.06. The van der Waals surface area contributed by atoms with Crippen LogP contribution < -0.4 is 15.4 Å². The summed E-state index contributed by atoms with van der Waals surface area (Å²) in [5.41, 5.74) is -0.459. The van der Waals surface area contributed by atoms with Crippen molar-refractivity contribution in [1.29, 1.82) is 0 Å². The van der Waals surface area contributed by atoms with Crippen molar-refractivity contribution in [3.63, 3.8) is 0 Å². The molecule has 2 aromatic carbocycles. The van der Waals surface area contributed by atoms with Crippen molar-refractivity contribution in [1.82, 2.24) is 10.2 Å². The van der Waals surface area contributed by atoms with Crippen LogP contribution in [0.3, 0.4) is 0 Å². The number of likely N-dealkylation sites (tertiary alicyclic amines) is 1. The van der Waals surface area contributed by atoms with Gasteiger partial charge in [-0.1, -0.05) is 44.2 Å². The van der Waals surface area contributed by atoms with Gasteiger partial charge in [-0.25, -0.2) is 0 Å². The number of carbonyl (C=O) groups excluding carboxylic acids is 3. The number of nitrogens with one attached hydrogen (secondary N) is 2. The van der Waals surface area contributed by atoms with Gasteiger partial charge < -0.3 is 30.1 Å². The smallest absolute Gasteiger partial charge is 0.246 e. The lowest BCUT2D eigenvalue weighted by Gasteiger charge is -2.37. The number of aliphatic hydroxyl groups excluding tert-OH is 1. The molecule has 1 spiro atoms. The molecule has 3 N–H and O–H groups in total. The lowest BCUT2D eigenvalue weighted by atomic mass is 9.65. The van der Waals surface area contributed by atoms with Crippen molar-refractivity contribution < 1.29 is 29.0 Å². The van der Waals surface area contributed by atoms with E-state index in [0.29, 0.717) is 50.3 Å². The van der Waals surface area contributed by atoms with Gasteiger partial charge in [-0.15, -0.1) is 0 Å². The van der Waals surface area contributed by atoms with Crippen molar-refractivity contribution in [3.05, 3.63) is 60.2 Å². The molecule has 0 aliphatic carbocycles. The summed E-state index contributed by atoms with van der Waals surface area (Å²) in [7, 11) is 0. The lowest BCUT2D eigenvalue weighted by molar-refractivity contribution is -0.150. The number of ether oxygens (including phenoxy) is 2. The summed E-state index contributed by atoms with van der Waals surface area (Å²) in [5.74, 6) is -1.82. The van der Waals surface area contributed by atoms with Gasteiger partial charge in [-0.3, -0.25) is 14.4 Å². The molecule has 3 amide bonds. The van der Waals surface area contributed by atoms with E-state index in [1.54, 1.807) is 24.3 Å². The largest absolute Gasteiger partial charge is 0.494 e. The van der Waals surface area contributed by atoms with E-state index < -0.39 is 35.1 Å². The molecule has 3 aliphatic rings. The molecule has 5 rings (SSSR count). The standard InChI is InChI=1S/C31H39N3O6/c1-4-22(19-35)34-26(28(37)32-18-20-10-8-7-9-11-20)31-17-16-30(5-2,40-31)24(25(31)29(34)38)27(36)33-21-12-14-23(15-13-21)39-6-3/h7-15,22,24-26,35H,4-6,16-19H2,1-3H3,(H,32,37)(H,33,36)/t22-,24-,25-,26?,30+,31?/m0/s1. The Labute approximate surface area is 235 Å². The summed E-state index contributed by atoms with van der Waals surface area (Å²) in [6, 6.07) is 15.2. The lowest BCUT2D eigenvalue weighted by Crippen LogP contribution is -2.57. The first-order valence-corrected chi connectivity index (χ1v) is 14.3. The summed E-state index contributed by atoms with van der Waals surface area (Å²) in [5, 5.41) is 16.2.